The minimum Gasteiger partial charge on any atom is -0.424 e. The maximum Gasteiger partial charge on any atom is 0.230 e. The number of nitrogens with zero attached hydrogens (tertiary/aromatic N) is 4. The number of sulfonamides is 1. The molecule has 0 N–H and O–H groups in total. The Balaban J connectivity index is 1.57. The molecule has 3 rings (SSSR count). The Labute approximate surface area is 142 Å². The molecule has 24 heavy (non-hydrogen) atoms. The van der Waals surface area contributed by atoms with E-state index < -0.39 is 10.0 Å². The molecule has 1 fully saturated rings. The van der Waals surface area contributed by atoms with Crippen LogP contribution in [0.1, 0.15) is 22.9 Å². The molecule has 7 nitrogen and oxygen atoms in total. The van der Waals surface area contributed by atoms with Gasteiger partial charge in [0.15, 0.2) is 0 Å². The van der Waals surface area contributed by atoms with Crippen molar-refractivity contribution >= 4 is 10.0 Å². The van der Waals surface area contributed by atoms with Gasteiger partial charge in [0.25, 0.3) is 0 Å². The second-order valence-electron chi connectivity index (χ2n) is 6.14. The van der Waals surface area contributed by atoms with E-state index in [0.717, 1.165) is 11.1 Å². The molecule has 0 saturated carbocycles. The normalized spacial score (nSPS) is 17.2. The van der Waals surface area contributed by atoms with Gasteiger partial charge in [0.05, 0.1) is 12.3 Å². The van der Waals surface area contributed by atoms with E-state index in [4.69, 9.17) is 4.42 Å². The first-order valence-corrected chi connectivity index (χ1v) is 9.58. The van der Waals surface area contributed by atoms with Gasteiger partial charge >= 0.3 is 0 Å². The molecule has 0 atom stereocenters. The van der Waals surface area contributed by atoms with Crippen molar-refractivity contribution in [1.29, 1.82) is 0 Å². The van der Waals surface area contributed by atoms with E-state index in [1.54, 1.807) is 11.2 Å². The first kappa shape index (κ1) is 17.1. The minimum absolute atomic E-state index is 0.0531. The molecule has 1 aliphatic heterocycles. The van der Waals surface area contributed by atoms with E-state index in [1.165, 1.54) is 0 Å². The smallest absolute Gasteiger partial charge is 0.230 e. The molecular formula is C16H22N4O3S. The largest absolute Gasteiger partial charge is 0.424 e. The summed E-state index contributed by atoms with van der Waals surface area (Å²) in [6, 6.07) is 7.64. The molecule has 130 valence electrons. The maximum atomic E-state index is 12.6. The Morgan fingerprint density at radius 1 is 1.12 bits per heavy atom. The van der Waals surface area contributed by atoms with E-state index in [0.29, 0.717) is 44.5 Å². The number of rotatable bonds is 5. The highest BCUT2D eigenvalue weighted by molar-refractivity contribution is 7.88. The van der Waals surface area contributed by atoms with Crippen LogP contribution in [0, 0.1) is 13.8 Å². The van der Waals surface area contributed by atoms with Crippen LogP contribution in [0.3, 0.4) is 0 Å². The van der Waals surface area contributed by atoms with E-state index in [1.807, 2.05) is 31.2 Å². The maximum absolute atomic E-state index is 12.6. The summed E-state index contributed by atoms with van der Waals surface area (Å²) >= 11 is 0. The van der Waals surface area contributed by atoms with Gasteiger partial charge in [-0.2, -0.15) is 4.31 Å². The number of aryl methyl sites for hydroxylation is 2. The third-order valence-electron chi connectivity index (χ3n) is 4.08. The topological polar surface area (TPSA) is 79.5 Å². The van der Waals surface area contributed by atoms with Crippen LogP contribution >= 0.6 is 0 Å². The third-order valence-corrected chi connectivity index (χ3v) is 5.93. The molecule has 1 aromatic heterocycles. The van der Waals surface area contributed by atoms with Crippen LogP contribution in [0.4, 0.5) is 0 Å². The fourth-order valence-corrected chi connectivity index (χ4v) is 4.37. The van der Waals surface area contributed by atoms with Gasteiger partial charge in [-0.3, -0.25) is 4.90 Å². The average Bonchev–Trinajstić information content (AvgIpc) is 2.92. The van der Waals surface area contributed by atoms with Gasteiger partial charge in [-0.25, -0.2) is 8.42 Å². The molecule has 1 aliphatic rings. The summed E-state index contributed by atoms with van der Waals surface area (Å²) in [6.45, 7) is 6.58. The third kappa shape index (κ3) is 4.19. The zero-order valence-electron chi connectivity index (χ0n) is 14.0. The summed E-state index contributed by atoms with van der Waals surface area (Å²) in [6.07, 6.45) is 0. The van der Waals surface area contributed by atoms with Crippen LogP contribution in [0.2, 0.25) is 0 Å². The highest BCUT2D eigenvalue weighted by Gasteiger charge is 2.27. The fraction of sp³-hybridized carbons (Fsp3) is 0.500. The summed E-state index contributed by atoms with van der Waals surface area (Å²) in [7, 11) is -3.29. The summed E-state index contributed by atoms with van der Waals surface area (Å²) < 4.78 is 32.2. The van der Waals surface area contributed by atoms with Crippen LogP contribution in [0.5, 0.6) is 0 Å². The van der Waals surface area contributed by atoms with Crippen molar-refractivity contribution in [3.8, 4) is 0 Å². The van der Waals surface area contributed by atoms with Crippen LogP contribution in [-0.2, 0) is 22.3 Å². The van der Waals surface area contributed by atoms with Crippen LogP contribution < -0.4 is 0 Å². The minimum atomic E-state index is -3.29. The Hall–Kier alpha value is -1.77. The molecule has 1 saturated heterocycles. The Bertz CT molecular complexity index is 795. The second-order valence-corrected chi connectivity index (χ2v) is 8.10. The van der Waals surface area contributed by atoms with Crippen molar-refractivity contribution in [2.24, 2.45) is 0 Å². The highest BCUT2D eigenvalue weighted by Crippen LogP contribution is 2.15. The lowest BCUT2D eigenvalue weighted by atomic mass is 10.2. The Kier molecular flexibility index (Phi) is 4.98. The lowest BCUT2D eigenvalue weighted by Gasteiger charge is -2.33. The highest BCUT2D eigenvalue weighted by atomic mass is 32.2. The standard InChI is InChI=1S/C16H22N4O3S/c1-13-4-3-5-15(10-13)12-24(21,22)20-8-6-19(7-9-20)11-16-18-17-14(2)23-16/h3-5,10H,6-9,11-12H2,1-2H3. The molecule has 0 aliphatic carbocycles. The summed E-state index contributed by atoms with van der Waals surface area (Å²) in [5.74, 6) is 1.17. The molecule has 0 spiro atoms. The first-order chi connectivity index (χ1) is 11.4. The van der Waals surface area contributed by atoms with Crippen LogP contribution in [-0.4, -0.2) is 54.0 Å². The van der Waals surface area contributed by atoms with Crippen molar-refractivity contribution in [2.45, 2.75) is 26.1 Å². The predicted molar refractivity (Wildman–Crippen MR) is 89.7 cm³/mol. The van der Waals surface area contributed by atoms with E-state index >= 15 is 0 Å². The number of benzene rings is 1. The van der Waals surface area contributed by atoms with Crippen molar-refractivity contribution < 1.29 is 12.8 Å². The van der Waals surface area contributed by atoms with Crippen molar-refractivity contribution in [3.63, 3.8) is 0 Å². The molecule has 8 heteroatoms. The molecule has 0 bridgehead atoms. The lowest BCUT2D eigenvalue weighted by molar-refractivity contribution is 0.167. The van der Waals surface area contributed by atoms with Gasteiger partial charge in [0.2, 0.25) is 21.8 Å². The summed E-state index contributed by atoms with van der Waals surface area (Å²) in [4.78, 5) is 2.13. The monoisotopic (exact) mass is 350 g/mol. The molecule has 0 radical (unpaired) electrons. The van der Waals surface area contributed by atoms with E-state index in [9.17, 15) is 8.42 Å². The average molecular weight is 350 g/mol. The van der Waals surface area contributed by atoms with Gasteiger partial charge in [-0.05, 0) is 12.5 Å². The van der Waals surface area contributed by atoms with Gasteiger partial charge < -0.3 is 4.42 Å². The van der Waals surface area contributed by atoms with Gasteiger partial charge in [0, 0.05) is 33.1 Å². The van der Waals surface area contributed by atoms with Crippen molar-refractivity contribution in [2.75, 3.05) is 26.2 Å². The van der Waals surface area contributed by atoms with E-state index in [-0.39, 0.29) is 5.75 Å². The Morgan fingerprint density at radius 3 is 2.50 bits per heavy atom. The molecular weight excluding hydrogens is 328 g/mol. The first-order valence-electron chi connectivity index (χ1n) is 7.97. The van der Waals surface area contributed by atoms with Gasteiger partial charge in [-0.15, -0.1) is 10.2 Å². The predicted octanol–water partition coefficient (Wildman–Crippen LogP) is 1.33. The quantitative estimate of drug-likeness (QED) is 0.809. The van der Waals surface area contributed by atoms with E-state index in [2.05, 4.69) is 15.1 Å². The lowest BCUT2D eigenvalue weighted by Crippen LogP contribution is -2.48. The van der Waals surface area contributed by atoms with Gasteiger partial charge in [0.1, 0.15) is 0 Å². The summed E-state index contributed by atoms with van der Waals surface area (Å²) in [5, 5.41) is 7.79. The number of aromatic nitrogens is 2. The van der Waals surface area contributed by atoms with Crippen molar-refractivity contribution in [1.82, 2.24) is 19.4 Å². The SMILES string of the molecule is Cc1cccc(CS(=O)(=O)N2CCN(Cc3nnc(C)o3)CC2)c1. The molecule has 1 aromatic carbocycles. The zero-order valence-corrected chi connectivity index (χ0v) is 14.8. The second kappa shape index (κ2) is 7.00. The Morgan fingerprint density at radius 2 is 1.88 bits per heavy atom. The van der Waals surface area contributed by atoms with Crippen molar-refractivity contribution in [3.05, 3.63) is 47.2 Å². The molecule has 2 aromatic rings. The fourth-order valence-electron chi connectivity index (χ4n) is 2.86. The molecule has 0 unspecified atom stereocenters. The van der Waals surface area contributed by atoms with Crippen LogP contribution in [0.15, 0.2) is 28.7 Å². The van der Waals surface area contributed by atoms with Gasteiger partial charge in [-0.1, -0.05) is 29.8 Å². The number of hydrogen-bond donors (Lipinski definition) is 0. The molecule has 0 amide bonds. The number of piperazine rings is 1. The number of hydrogen-bond acceptors (Lipinski definition) is 6. The zero-order chi connectivity index (χ0) is 17.2. The summed E-state index contributed by atoms with van der Waals surface area (Å²) in [5.41, 5.74) is 1.90. The van der Waals surface area contributed by atoms with Crippen LogP contribution in [0.25, 0.3) is 0 Å². The molecule has 2 heterocycles.